The van der Waals surface area contributed by atoms with Crippen molar-refractivity contribution in [1.29, 1.82) is 0 Å². The normalized spacial score (nSPS) is 31.2. The molecule has 4 fully saturated rings. The van der Waals surface area contributed by atoms with Crippen LogP contribution in [0.3, 0.4) is 0 Å². The second kappa shape index (κ2) is 9.20. The van der Waals surface area contributed by atoms with Crippen LogP contribution in [0, 0.1) is 23.7 Å². The zero-order valence-corrected chi connectivity index (χ0v) is 26.0. The van der Waals surface area contributed by atoms with E-state index < -0.39 is 26.9 Å². The van der Waals surface area contributed by atoms with Crippen molar-refractivity contribution in [3.8, 4) is 11.1 Å². The molecule has 1 nitrogen and oxygen atoms in total. The third-order valence-corrected chi connectivity index (χ3v) is 34.4. The number of hydrogen-bond donors (Lipinski definition) is 1. The summed E-state index contributed by atoms with van der Waals surface area (Å²) in [5, 5.41) is 0. The van der Waals surface area contributed by atoms with Crippen LogP contribution in [-0.4, -0.2) is 11.5 Å². The van der Waals surface area contributed by atoms with Gasteiger partial charge in [0.1, 0.15) is 0 Å². The van der Waals surface area contributed by atoms with Gasteiger partial charge in [-0.2, -0.15) is 0 Å². The minimum atomic E-state index is -1.80. The molecule has 0 radical (unpaired) electrons. The summed E-state index contributed by atoms with van der Waals surface area (Å²) in [5.41, 5.74) is 8.18. The maximum Gasteiger partial charge on any atom is -0.0184 e. The Morgan fingerprint density at radius 1 is 0.758 bits per heavy atom. The van der Waals surface area contributed by atoms with Crippen LogP contribution in [0.1, 0.15) is 47.0 Å². The Hall–Kier alpha value is -1.03. The Kier molecular flexibility index (Phi) is 6.61. The van der Waals surface area contributed by atoms with Crippen molar-refractivity contribution in [3.63, 3.8) is 0 Å². The van der Waals surface area contributed by atoms with Crippen molar-refractivity contribution >= 4 is 5.98 Å². The predicted octanol–water partition coefficient (Wildman–Crippen LogP) is 7.50. The van der Waals surface area contributed by atoms with Gasteiger partial charge in [-0.1, -0.05) is 60.7 Å². The second-order valence-electron chi connectivity index (χ2n) is 11.4. The minimum absolute atomic E-state index is 0.539. The van der Waals surface area contributed by atoms with Crippen LogP contribution >= 0.6 is 0 Å². The Bertz CT molecular complexity index is 1000. The zero-order valence-electron chi connectivity index (χ0n) is 21.3. The summed E-state index contributed by atoms with van der Waals surface area (Å²) in [5.74, 6) is 3.67. The summed E-state index contributed by atoms with van der Waals surface area (Å²) in [6, 6.07) is 20.8. The molecule has 2 aromatic rings. The molecule has 1 atom stereocenters. The predicted molar refractivity (Wildman–Crippen MR) is 141 cm³/mol. The molecule has 0 heterocycles. The molecule has 33 heavy (non-hydrogen) atoms. The zero-order chi connectivity index (χ0) is 23.3. The Morgan fingerprint density at radius 3 is 1.58 bits per heavy atom. The fourth-order valence-electron chi connectivity index (χ4n) is 7.06. The van der Waals surface area contributed by atoms with Crippen LogP contribution in [0.5, 0.6) is 0 Å². The molecular formula is C30H40HfNSi. The molecular weight excluding hydrogens is 581 g/mol. The van der Waals surface area contributed by atoms with E-state index in [1.54, 1.807) is 36.0 Å². The van der Waals surface area contributed by atoms with Gasteiger partial charge in [0.25, 0.3) is 0 Å². The summed E-state index contributed by atoms with van der Waals surface area (Å²) in [4.78, 5) is 0. The summed E-state index contributed by atoms with van der Waals surface area (Å²) in [6.07, 6.45) is 4.64. The molecule has 7 rings (SSSR count). The molecule has 3 heteroatoms. The molecule has 1 N–H and O–H groups in total. The molecule has 4 bridgehead atoms. The molecule has 0 saturated heterocycles. The number of nitrogens with one attached hydrogen (secondary N) is 1. The van der Waals surface area contributed by atoms with Crippen molar-refractivity contribution in [1.82, 2.24) is 3.30 Å². The summed E-state index contributed by atoms with van der Waals surface area (Å²) < 4.78 is 6.44. The van der Waals surface area contributed by atoms with Gasteiger partial charge in [0.15, 0.2) is 0 Å². The maximum atomic E-state index is 4.48. The third kappa shape index (κ3) is 4.39. The maximum absolute atomic E-state index is 4.48. The standard InChI is InChI=1S/C12H10.C9H13.C7H10N.C2H7Si.Hf/c1-3-7-11(8-4-1)12-9-5-2-6-10-12;1-6-5-7(2)9(4)8(6)3;8-7-1-4-5(2-7)6(4)3-7;1-3-2;/h1-10H;6H,1-4H3;4-6,8H,1-3H2;3H,1-2H3;/q;;-1;;+1. The summed E-state index contributed by atoms with van der Waals surface area (Å²) in [6.45, 7) is 14.9. The van der Waals surface area contributed by atoms with Gasteiger partial charge in [-0.25, -0.2) is 0 Å². The monoisotopic (exact) mass is 622 g/mol. The van der Waals surface area contributed by atoms with Gasteiger partial charge in [-0.15, -0.1) is 0 Å². The fourth-order valence-corrected chi connectivity index (χ4v) is 32.3. The molecule has 0 spiro atoms. The first kappa shape index (κ1) is 23.7. The number of allylic oxidation sites excluding steroid dienone is 4. The van der Waals surface area contributed by atoms with E-state index in [-0.39, 0.29) is 0 Å². The van der Waals surface area contributed by atoms with E-state index in [1.165, 1.54) is 11.1 Å². The van der Waals surface area contributed by atoms with Gasteiger partial charge in [-0.3, -0.25) is 0 Å². The molecule has 4 saturated carbocycles. The first-order chi connectivity index (χ1) is 15.8. The first-order valence-corrected chi connectivity index (χ1v) is 25.7. The average Bonchev–Trinajstić information content (AvgIpc) is 3.24. The number of hydrogen-bond acceptors (Lipinski definition) is 1. The molecule has 5 aliphatic carbocycles. The van der Waals surface area contributed by atoms with E-state index >= 15 is 0 Å². The van der Waals surface area contributed by atoms with Crippen molar-refractivity contribution in [2.24, 2.45) is 23.7 Å². The molecule has 2 aromatic carbocycles. The summed E-state index contributed by atoms with van der Waals surface area (Å²) in [7, 11) is 0. The van der Waals surface area contributed by atoms with Gasteiger partial charge in [-0.05, 0) is 11.1 Å². The molecule has 1 unspecified atom stereocenters. The molecule has 173 valence electrons. The molecule has 5 aliphatic rings. The van der Waals surface area contributed by atoms with Crippen molar-refractivity contribution < 1.29 is 20.9 Å². The fraction of sp³-hybridized carbons (Fsp3) is 0.467. The number of rotatable bonds is 5. The van der Waals surface area contributed by atoms with Gasteiger partial charge in [0.2, 0.25) is 0 Å². The Balaban J connectivity index is 0.000000162. The van der Waals surface area contributed by atoms with E-state index in [1.807, 2.05) is 15.5 Å². The Labute approximate surface area is 210 Å². The molecule has 0 amide bonds. The number of benzene rings is 2. The van der Waals surface area contributed by atoms with E-state index in [2.05, 4.69) is 92.6 Å². The van der Waals surface area contributed by atoms with Gasteiger partial charge in [0.05, 0.1) is 0 Å². The second-order valence-corrected chi connectivity index (χ2v) is 36.7. The van der Waals surface area contributed by atoms with Crippen LogP contribution < -0.4 is 3.30 Å². The van der Waals surface area contributed by atoms with E-state index in [0.717, 1.165) is 23.7 Å². The van der Waals surface area contributed by atoms with Gasteiger partial charge in [0, 0.05) is 0 Å². The topological polar surface area (TPSA) is 12.0 Å². The molecule has 0 aromatic heterocycles. The largest absolute Gasteiger partial charge is 0.0622 e. The van der Waals surface area contributed by atoms with Crippen LogP contribution in [0.15, 0.2) is 80.7 Å². The Morgan fingerprint density at radius 2 is 1.21 bits per heavy atom. The first-order valence-electron chi connectivity index (χ1n) is 13.0. The van der Waals surface area contributed by atoms with Crippen LogP contribution in [0.2, 0.25) is 13.1 Å². The van der Waals surface area contributed by atoms with Gasteiger partial charge >= 0.3 is 139 Å². The summed E-state index contributed by atoms with van der Waals surface area (Å²) >= 11 is -1.80. The van der Waals surface area contributed by atoms with Crippen LogP contribution in [0.4, 0.5) is 0 Å². The molecule has 0 aliphatic heterocycles. The van der Waals surface area contributed by atoms with E-state index in [0.29, 0.717) is 5.54 Å². The van der Waals surface area contributed by atoms with Crippen molar-refractivity contribution in [3.05, 3.63) is 80.7 Å². The van der Waals surface area contributed by atoms with Crippen molar-refractivity contribution in [2.45, 2.75) is 65.6 Å². The smallest absolute Gasteiger partial charge is 0.0184 e. The van der Waals surface area contributed by atoms with E-state index in [9.17, 15) is 0 Å². The third-order valence-electron chi connectivity index (χ3n) is 9.18. The van der Waals surface area contributed by atoms with Crippen LogP contribution in [0.25, 0.3) is 11.1 Å². The quantitative estimate of drug-likeness (QED) is 0.341. The SMILES string of the molecule is CC1=C(C)C(C)[C]([Hf]([NH]C23CC4C(C2)C4C3)[SiH](C)C)=C1C.c1ccc(-c2ccccc2)cc1. The minimum Gasteiger partial charge on any atom is -0.0622 e. The van der Waals surface area contributed by atoms with E-state index in [4.69, 9.17) is 0 Å². The van der Waals surface area contributed by atoms with Gasteiger partial charge < -0.3 is 0 Å². The average molecular weight is 621 g/mol. The van der Waals surface area contributed by atoms with Crippen molar-refractivity contribution in [2.75, 3.05) is 0 Å². The van der Waals surface area contributed by atoms with Crippen LogP contribution in [-0.2, 0) is 20.9 Å².